The van der Waals surface area contributed by atoms with E-state index in [9.17, 15) is 9.18 Å². The van der Waals surface area contributed by atoms with Gasteiger partial charge in [-0.1, -0.05) is 17.7 Å². The normalized spacial score (nSPS) is 10.4. The minimum Gasteiger partial charge on any atom is -0.464 e. The molecule has 0 fully saturated rings. The molecule has 0 bridgehead atoms. The van der Waals surface area contributed by atoms with Crippen molar-refractivity contribution in [3.05, 3.63) is 39.6 Å². The predicted octanol–water partition coefficient (Wildman–Crippen LogP) is 3.70. The molecule has 0 aliphatic rings. The second kappa shape index (κ2) is 5.04. The van der Waals surface area contributed by atoms with Crippen molar-refractivity contribution in [3.63, 3.8) is 0 Å². The van der Waals surface area contributed by atoms with E-state index in [0.717, 1.165) is 0 Å². The van der Waals surface area contributed by atoms with Crippen molar-refractivity contribution in [3.8, 4) is 10.6 Å². The number of methoxy groups -OCH3 is 1. The summed E-state index contributed by atoms with van der Waals surface area (Å²) >= 11 is 6.93. The van der Waals surface area contributed by atoms with Crippen molar-refractivity contribution >= 4 is 28.9 Å². The van der Waals surface area contributed by atoms with Crippen LogP contribution in [0.15, 0.2) is 18.2 Å². The van der Waals surface area contributed by atoms with Crippen LogP contribution in [0.2, 0.25) is 5.02 Å². The highest BCUT2D eigenvalue weighted by molar-refractivity contribution is 7.15. The Hall–Kier alpha value is -1.46. The molecule has 0 atom stereocenters. The fourth-order valence-corrected chi connectivity index (χ4v) is 2.56. The van der Waals surface area contributed by atoms with Crippen molar-refractivity contribution in [2.24, 2.45) is 0 Å². The number of thiazole rings is 1. The topological polar surface area (TPSA) is 39.2 Å². The van der Waals surface area contributed by atoms with Gasteiger partial charge in [-0.25, -0.2) is 14.2 Å². The van der Waals surface area contributed by atoms with Gasteiger partial charge in [0.2, 0.25) is 0 Å². The molecular formula is C12H9ClFNO2S. The van der Waals surface area contributed by atoms with Crippen molar-refractivity contribution in [1.29, 1.82) is 0 Å². The number of hydrogen-bond donors (Lipinski definition) is 0. The zero-order chi connectivity index (χ0) is 13.3. The molecule has 2 aromatic rings. The highest BCUT2D eigenvalue weighted by Crippen LogP contribution is 2.32. The van der Waals surface area contributed by atoms with Gasteiger partial charge in [0.05, 0.1) is 12.1 Å². The molecule has 0 saturated heterocycles. The first-order valence-electron chi connectivity index (χ1n) is 5.04. The molecular weight excluding hydrogens is 277 g/mol. The van der Waals surface area contributed by atoms with E-state index in [-0.39, 0.29) is 16.3 Å². The predicted molar refractivity (Wildman–Crippen MR) is 68.6 cm³/mol. The Balaban J connectivity index is 2.53. The number of carbonyl (C=O) groups is 1. The lowest BCUT2D eigenvalue weighted by atomic mass is 10.2. The molecule has 0 spiro atoms. The van der Waals surface area contributed by atoms with Crippen LogP contribution < -0.4 is 0 Å². The average molecular weight is 286 g/mol. The van der Waals surface area contributed by atoms with Crippen molar-refractivity contribution < 1.29 is 13.9 Å². The van der Waals surface area contributed by atoms with E-state index in [1.165, 1.54) is 24.5 Å². The maximum atomic E-state index is 13.8. The number of benzene rings is 1. The van der Waals surface area contributed by atoms with E-state index in [1.807, 2.05) is 0 Å². The van der Waals surface area contributed by atoms with Gasteiger partial charge in [-0.3, -0.25) is 0 Å². The second-order valence-corrected chi connectivity index (χ2v) is 5.13. The Morgan fingerprint density at radius 3 is 2.89 bits per heavy atom. The van der Waals surface area contributed by atoms with Gasteiger partial charge in [0.1, 0.15) is 5.01 Å². The number of aryl methyl sites for hydroxylation is 1. The molecule has 0 unspecified atom stereocenters. The highest BCUT2D eigenvalue weighted by Gasteiger charge is 2.19. The molecule has 18 heavy (non-hydrogen) atoms. The molecule has 6 heteroatoms. The highest BCUT2D eigenvalue weighted by atomic mass is 35.5. The third kappa shape index (κ3) is 2.23. The molecule has 0 aliphatic heterocycles. The average Bonchev–Trinajstić information content (AvgIpc) is 2.73. The number of rotatable bonds is 2. The second-order valence-electron chi connectivity index (χ2n) is 3.52. The monoisotopic (exact) mass is 285 g/mol. The smallest absolute Gasteiger partial charge is 0.357 e. The fraction of sp³-hybridized carbons (Fsp3) is 0.167. The summed E-state index contributed by atoms with van der Waals surface area (Å²) < 4.78 is 18.4. The Labute approximate surface area is 112 Å². The number of esters is 1. The lowest BCUT2D eigenvalue weighted by molar-refractivity contribution is 0.0594. The summed E-state index contributed by atoms with van der Waals surface area (Å²) in [4.78, 5) is 16.2. The minimum atomic E-state index is -0.538. The maximum Gasteiger partial charge on any atom is 0.357 e. The molecule has 0 saturated carbocycles. The number of carbonyl (C=O) groups excluding carboxylic acids is 1. The van der Waals surface area contributed by atoms with Gasteiger partial charge in [-0.2, -0.15) is 0 Å². The Kier molecular flexibility index (Phi) is 3.63. The molecule has 0 aliphatic carbocycles. The fourth-order valence-electron chi connectivity index (χ4n) is 1.47. The van der Waals surface area contributed by atoms with E-state index < -0.39 is 11.8 Å². The summed E-state index contributed by atoms with van der Waals surface area (Å²) in [5.41, 5.74) is 0.489. The van der Waals surface area contributed by atoms with E-state index >= 15 is 0 Å². The maximum absolute atomic E-state index is 13.8. The first kappa shape index (κ1) is 13.0. The molecule has 1 aromatic heterocycles. The number of ether oxygens (including phenoxy) is 1. The number of nitrogens with zero attached hydrogens (tertiary/aromatic N) is 1. The summed E-state index contributed by atoms with van der Waals surface area (Å²) in [6.07, 6.45) is 0. The van der Waals surface area contributed by atoms with Crippen LogP contribution in [0.5, 0.6) is 0 Å². The van der Waals surface area contributed by atoms with Crippen LogP contribution >= 0.6 is 22.9 Å². The quantitative estimate of drug-likeness (QED) is 0.790. The van der Waals surface area contributed by atoms with Gasteiger partial charge < -0.3 is 4.74 Å². The number of aromatic nitrogens is 1. The lowest BCUT2D eigenvalue weighted by Gasteiger charge is -1.99. The summed E-state index contributed by atoms with van der Waals surface area (Å²) in [7, 11) is 1.28. The van der Waals surface area contributed by atoms with Crippen molar-refractivity contribution in [1.82, 2.24) is 4.98 Å². The van der Waals surface area contributed by atoms with Gasteiger partial charge in [-0.05, 0) is 19.1 Å². The molecule has 0 N–H and O–H groups in total. The summed E-state index contributed by atoms with van der Waals surface area (Å²) in [5, 5.41) is 0.438. The molecule has 3 nitrogen and oxygen atoms in total. The van der Waals surface area contributed by atoms with Crippen molar-refractivity contribution in [2.75, 3.05) is 7.11 Å². The number of hydrogen-bond acceptors (Lipinski definition) is 4. The van der Waals surface area contributed by atoms with Crippen LogP contribution in [-0.4, -0.2) is 18.1 Å². The van der Waals surface area contributed by atoms with Crippen LogP contribution in [0.3, 0.4) is 0 Å². The first-order chi connectivity index (χ1) is 8.54. The van der Waals surface area contributed by atoms with Gasteiger partial charge >= 0.3 is 5.97 Å². The van der Waals surface area contributed by atoms with Crippen molar-refractivity contribution in [2.45, 2.75) is 6.92 Å². The SMILES string of the molecule is COC(=O)c1nc(-c2cccc(Cl)c2F)sc1C. The van der Waals surface area contributed by atoms with Crippen LogP contribution in [-0.2, 0) is 4.74 Å². The molecule has 1 aromatic carbocycles. The van der Waals surface area contributed by atoms with Gasteiger partial charge in [-0.15, -0.1) is 11.3 Å². The van der Waals surface area contributed by atoms with Crippen LogP contribution in [0.1, 0.15) is 15.4 Å². The lowest BCUT2D eigenvalue weighted by Crippen LogP contribution is -2.03. The van der Waals surface area contributed by atoms with Gasteiger partial charge in [0, 0.05) is 10.4 Å². The van der Waals surface area contributed by atoms with E-state index in [2.05, 4.69) is 9.72 Å². The molecule has 0 amide bonds. The Bertz CT molecular complexity index is 612. The Morgan fingerprint density at radius 2 is 2.22 bits per heavy atom. The molecule has 2 rings (SSSR count). The van der Waals surface area contributed by atoms with Crippen LogP contribution in [0, 0.1) is 12.7 Å². The third-order valence-corrected chi connectivity index (χ3v) is 3.65. The van der Waals surface area contributed by atoms with E-state index in [4.69, 9.17) is 11.6 Å². The Morgan fingerprint density at radius 1 is 1.50 bits per heavy atom. The molecule has 94 valence electrons. The minimum absolute atomic E-state index is 0.0278. The third-order valence-electron chi connectivity index (χ3n) is 2.36. The van der Waals surface area contributed by atoms with Gasteiger partial charge in [0.15, 0.2) is 11.5 Å². The molecule has 1 heterocycles. The standard InChI is InChI=1S/C12H9ClFNO2S/c1-6-10(12(16)17-2)15-11(18-6)7-4-3-5-8(13)9(7)14/h3-5H,1-2H3. The first-order valence-corrected chi connectivity index (χ1v) is 6.24. The number of halogens is 2. The molecule has 0 radical (unpaired) electrons. The summed E-state index contributed by atoms with van der Waals surface area (Å²) in [6.45, 7) is 1.73. The van der Waals surface area contributed by atoms with E-state index in [0.29, 0.717) is 9.88 Å². The zero-order valence-corrected chi connectivity index (χ0v) is 11.2. The summed E-state index contributed by atoms with van der Waals surface area (Å²) in [5.74, 6) is -1.07. The largest absolute Gasteiger partial charge is 0.464 e. The van der Waals surface area contributed by atoms with Gasteiger partial charge in [0.25, 0.3) is 0 Å². The zero-order valence-electron chi connectivity index (χ0n) is 9.66. The summed E-state index contributed by atoms with van der Waals surface area (Å²) in [6, 6.07) is 4.66. The van der Waals surface area contributed by atoms with E-state index in [1.54, 1.807) is 19.1 Å². The van der Waals surface area contributed by atoms with Crippen LogP contribution in [0.25, 0.3) is 10.6 Å². The van der Waals surface area contributed by atoms with Crippen LogP contribution in [0.4, 0.5) is 4.39 Å².